The molecule has 2 amide bonds. The summed E-state index contributed by atoms with van der Waals surface area (Å²) in [7, 11) is -3.55. The number of anilines is 1. The topological polar surface area (TPSA) is 95.6 Å². The molecule has 2 aromatic rings. The number of carbonyl (C=O) groups excluding carboxylic acids is 2. The highest BCUT2D eigenvalue weighted by Crippen LogP contribution is 2.27. The van der Waals surface area contributed by atoms with Gasteiger partial charge in [0, 0.05) is 37.3 Å². The van der Waals surface area contributed by atoms with Crippen LogP contribution in [0.3, 0.4) is 0 Å². The van der Waals surface area contributed by atoms with Crippen molar-refractivity contribution in [2.75, 3.05) is 25.0 Å². The lowest BCUT2D eigenvalue weighted by atomic mass is 9.94. The molecule has 0 bridgehead atoms. The van der Waals surface area contributed by atoms with Crippen LogP contribution in [0.2, 0.25) is 0 Å². The molecule has 32 heavy (non-hydrogen) atoms. The summed E-state index contributed by atoms with van der Waals surface area (Å²) in [6, 6.07) is 13.5. The van der Waals surface area contributed by atoms with E-state index in [1.165, 1.54) is 12.1 Å². The lowest BCUT2D eigenvalue weighted by Crippen LogP contribution is -2.42. The van der Waals surface area contributed by atoms with Crippen LogP contribution >= 0.6 is 0 Å². The van der Waals surface area contributed by atoms with Gasteiger partial charge < -0.3 is 10.6 Å². The fourth-order valence-corrected chi connectivity index (χ4v) is 5.74. The second kappa shape index (κ2) is 10.3. The summed E-state index contributed by atoms with van der Waals surface area (Å²) in [5, 5.41) is 5.47. The minimum Gasteiger partial charge on any atom is -0.352 e. The Labute approximate surface area is 190 Å². The van der Waals surface area contributed by atoms with E-state index in [1.807, 2.05) is 19.1 Å². The van der Waals surface area contributed by atoms with Gasteiger partial charge in [-0.15, -0.1) is 0 Å². The van der Waals surface area contributed by atoms with Gasteiger partial charge in [0.15, 0.2) is 0 Å². The molecular weight excluding hydrogens is 426 g/mol. The second-order valence-corrected chi connectivity index (χ2v) is 10.7. The van der Waals surface area contributed by atoms with E-state index in [9.17, 15) is 18.0 Å². The van der Waals surface area contributed by atoms with E-state index in [0.29, 0.717) is 36.2 Å². The molecule has 2 atom stereocenters. The molecule has 1 aliphatic heterocycles. The lowest BCUT2D eigenvalue weighted by Gasteiger charge is -2.34. The van der Waals surface area contributed by atoms with Gasteiger partial charge in [-0.25, -0.2) is 8.42 Å². The smallest absolute Gasteiger partial charge is 0.251 e. The van der Waals surface area contributed by atoms with Crippen molar-refractivity contribution in [1.29, 1.82) is 0 Å². The molecule has 0 radical (unpaired) electrons. The van der Waals surface area contributed by atoms with E-state index in [1.54, 1.807) is 28.6 Å². The van der Waals surface area contributed by atoms with Gasteiger partial charge >= 0.3 is 0 Å². The molecule has 2 unspecified atom stereocenters. The van der Waals surface area contributed by atoms with Crippen molar-refractivity contribution in [3.05, 3.63) is 59.7 Å². The number of aryl methyl sites for hydroxylation is 1. The van der Waals surface area contributed by atoms with Crippen LogP contribution in [0, 0.1) is 18.8 Å². The first-order valence-corrected chi connectivity index (χ1v) is 12.3. The van der Waals surface area contributed by atoms with E-state index < -0.39 is 10.0 Å². The summed E-state index contributed by atoms with van der Waals surface area (Å²) in [6.45, 7) is 7.31. The number of nitrogens with one attached hydrogen (secondary N) is 2. The standard InChI is InChI=1S/C24H31N3O4S/c1-17-5-4-6-20(14-17)24(29)25-12-11-23(28)26-21-7-9-22(10-8-21)32(30,31)27-15-18(2)13-19(3)16-27/h4-10,14,18-19H,11-13,15-16H2,1-3H3,(H,25,29)(H,26,28). The van der Waals surface area contributed by atoms with Gasteiger partial charge in [-0.1, -0.05) is 31.5 Å². The zero-order valence-electron chi connectivity index (χ0n) is 18.8. The maximum atomic E-state index is 13.0. The van der Waals surface area contributed by atoms with Crippen molar-refractivity contribution < 1.29 is 18.0 Å². The molecule has 7 nitrogen and oxygen atoms in total. The third-order valence-electron chi connectivity index (χ3n) is 5.53. The van der Waals surface area contributed by atoms with Gasteiger partial charge in [0.1, 0.15) is 0 Å². The molecule has 2 N–H and O–H groups in total. The Balaban J connectivity index is 1.51. The van der Waals surface area contributed by atoms with E-state index in [-0.39, 0.29) is 29.7 Å². The maximum absolute atomic E-state index is 13.0. The lowest BCUT2D eigenvalue weighted by molar-refractivity contribution is -0.116. The van der Waals surface area contributed by atoms with Gasteiger partial charge in [-0.3, -0.25) is 9.59 Å². The molecule has 0 aromatic heterocycles. The van der Waals surface area contributed by atoms with Gasteiger partial charge in [0.25, 0.3) is 5.91 Å². The van der Waals surface area contributed by atoms with Crippen molar-refractivity contribution in [2.24, 2.45) is 11.8 Å². The molecule has 1 aliphatic rings. The number of carbonyl (C=O) groups is 2. The number of hydrogen-bond donors (Lipinski definition) is 2. The zero-order valence-corrected chi connectivity index (χ0v) is 19.6. The first-order valence-electron chi connectivity index (χ1n) is 10.9. The normalized spacial score (nSPS) is 19.3. The van der Waals surface area contributed by atoms with Crippen molar-refractivity contribution >= 4 is 27.5 Å². The van der Waals surface area contributed by atoms with Gasteiger partial charge in [0.2, 0.25) is 15.9 Å². The number of rotatable bonds is 7. The summed E-state index contributed by atoms with van der Waals surface area (Å²) in [4.78, 5) is 24.6. The Bertz CT molecular complexity index is 1060. The molecule has 1 saturated heterocycles. The highest BCUT2D eigenvalue weighted by molar-refractivity contribution is 7.89. The molecule has 0 aliphatic carbocycles. The van der Waals surface area contributed by atoms with Crippen LogP contribution in [-0.2, 0) is 14.8 Å². The van der Waals surface area contributed by atoms with E-state index >= 15 is 0 Å². The molecular formula is C24H31N3O4S. The third kappa shape index (κ3) is 6.17. The van der Waals surface area contributed by atoms with Crippen LogP contribution in [0.4, 0.5) is 5.69 Å². The minimum absolute atomic E-state index is 0.112. The fraction of sp³-hybridized carbons (Fsp3) is 0.417. The van der Waals surface area contributed by atoms with E-state index in [0.717, 1.165) is 12.0 Å². The summed E-state index contributed by atoms with van der Waals surface area (Å²) in [5.41, 5.74) is 2.06. The number of nitrogens with zero attached hydrogens (tertiary/aromatic N) is 1. The van der Waals surface area contributed by atoms with Crippen molar-refractivity contribution in [2.45, 2.75) is 38.5 Å². The summed E-state index contributed by atoms with van der Waals surface area (Å²) < 4.78 is 27.5. The van der Waals surface area contributed by atoms with Gasteiger partial charge in [-0.2, -0.15) is 4.31 Å². The Morgan fingerprint density at radius 3 is 2.31 bits per heavy atom. The van der Waals surface area contributed by atoms with Crippen LogP contribution < -0.4 is 10.6 Å². The third-order valence-corrected chi connectivity index (χ3v) is 7.37. The van der Waals surface area contributed by atoms with Gasteiger partial charge in [0.05, 0.1) is 4.90 Å². The molecule has 3 rings (SSSR count). The Hall–Kier alpha value is -2.71. The second-order valence-electron chi connectivity index (χ2n) is 8.72. The monoisotopic (exact) mass is 457 g/mol. The van der Waals surface area contributed by atoms with Crippen LogP contribution in [0.15, 0.2) is 53.4 Å². The average molecular weight is 458 g/mol. The highest BCUT2D eigenvalue weighted by atomic mass is 32.2. The number of hydrogen-bond acceptors (Lipinski definition) is 4. The predicted molar refractivity (Wildman–Crippen MR) is 125 cm³/mol. The Morgan fingerprint density at radius 2 is 1.69 bits per heavy atom. The summed E-state index contributed by atoms with van der Waals surface area (Å²) >= 11 is 0. The average Bonchev–Trinajstić information content (AvgIpc) is 2.73. The molecule has 0 saturated carbocycles. The number of piperidine rings is 1. The zero-order chi connectivity index (χ0) is 23.3. The fourth-order valence-electron chi connectivity index (χ4n) is 4.06. The van der Waals surface area contributed by atoms with Crippen molar-refractivity contribution in [3.63, 3.8) is 0 Å². The first kappa shape index (κ1) is 23.9. The predicted octanol–water partition coefficient (Wildman–Crippen LogP) is 3.42. The molecule has 2 aromatic carbocycles. The number of benzene rings is 2. The van der Waals surface area contributed by atoms with Crippen molar-refractivity contribution in [3.8, 4) is 0 Å². The first-order chi connectivity index (χ1) is 15.1. The minimum atomic E-state index is -3.55. The molecule has 1 heterocycles. The quantitative estimate of drug-likeness (QED) is 0.666. The van der Waals surface area contributed by atoms with Crippen LogP contribution in [0.1, 0.15) is 42.6 Å². The molecule has 8 heteroatoms. The summed E-state index contributed by atoms with van der Waals surface area (Å²) in [6.07, 6.45) is 1.14. The molecule has 172 valence electrons. The SMILES string of the molecule is Cc1cccc(C(=O)NCCC(=O)Nc2ccc(S(=O)(=O)N3CC(C)CC(C)C3)cc2)c1. The van der Waals surface area contributed by atoms with Gasteiger partial charge in [-0.05, 0) is 61.6 Å². The Kier molecular flexibility index (Phi) is 7.69. The van der Waals surface area contributed by atoms with Crippen LogP contribution in [0.5, 0.6) is 0 Å². The highest BCUT2D eigenvalue weighted by Gasteiger charge is 2.31. The summed E-state index contributed by atoms with van der Waals surface area (Å²) in [5.74, 6) is 0.179. The molecule has 1 fully saturated rings. The molecule has 0 spiro atoms. The largest absolute Gasteiger partial charge is 0.352 e. The van der Waals surface area contributed by atoms with Crippen LogP contribution in [-0.4, -0.2) is 44.2 Å². The van der Waals surface area contributed by atoms with E-state index in [4.69, 9.17) is 0 Å². The van der Waals surface area contributed by atoms with Crippen molar-refractivity contribution in [1.82, 2.24) is 9.62 Å². The number of amides is 2. The Morgan fingerprint density at radius 1 is 1.03 bits per heavy atom. The number of sulfonamides is 1. The van der Waals surface area contributed by atoms with E-state index in [2.05, 4.69) is 24.5 Å². The van der Waals surface area contributed by atoms with Crippen LogP contribution in [0.25, 0.3) is 0 Å². The maximum Gasteiger partial charge on any atom is 0.251 e.